The number of hydrogen-bond donors (Lipinski definition) is 1. The lowest BCUT2D eigenvalue weighted by molar-refractivity contribution is 0.617. The van der Waals surface area contributed by atoms with E-state index in [1.807, 2.05) is 51.1 Å². The maximum atomic E-state index is 6.11. The number of aryl methyl sites for hydroxylation is 2. The van der Waals surface area contributed by atoms with E-state index in [9.17, 15) is 0 Å². The molecule has 0 unspecified atom stereocenters. The van der Waals surface area contributed by atoms with Crippen LogP contribution in [0, 0.1) is 20.8 Å². The Hall–Kier alpha value is -2.29. The highest BCUT2D eigenvalue weighted by molar-refractivity contribution is 5.88. The van der Waals surface area contributed by atoms with E-state index in [0.29, 0.717) is 5.89 Å². The summed E-state index contributed by atoms with van der Waals surface area (Å²) < 4.78 is 5.91. The molecule has 19 heavy (non-hydrogen) atoms. The van der Waals surface area contributed by atoms with E-state index in [-0.39, 0.29) is 0 Å². The van der Waals surface area contributed by atoms with E-state index >= 15 is 0 Å². The van der Waals surface area contributed by atoms with Crippen molar-refractivity contribution in [3.8, 4) is 11.5 Å². The molecule has 0 saturated carbocycles. The van der Waals surface area contributed by atoms with Crippen LogP contribution < -0.4 is 5.73 Å². The minimum Gasteiger partial charge on any atom is -0.436 e. The van der Waals surface area contributed by atoms with Crippen LogP contribution in [0.25, 0.3) is 22.6 Å². The molecule has 0 amide bonds. The Labute approximate surface area is 112 Å². The summed E-state index contributed by atoms with van der Waals surface area (Å²) in [6, 6.07) is 9.91. The van der Waals surface area contributed by atoms with Gasteiger partial charge in [0.2, 0.25) is 5.89 Å². The molecule has 2 aromatic carbocycles. The molecule has 0 radical (unpaired) electrons. The van der Waals surface area contributed by atoms with Crippen LogP contribution >= 0.6 is 0 Å². The van der Waals surface area contributed by atoms with Gasteiger partial charge in [0.1, 0.15) is 5.52 Å². The molecule has 0 aliphatic rings. The van der Waals surface area contributed by atoms with E-state index < -0.39 is 0 Å². The number of oxazole rings is 1. The minimum absolute atomic E-state index is 0.645. The summed E-state index contributed by atoms with van der Waals surface area (Å²) in [6.07, 6.45) is 0. The quantitative estimate of drug-likeness (QED) is 0.666. The van der Waals surface area contributed by atoms with Gasteiger partial charge < -0.3 is 10.2 Å². The van der Waals surface area contributed by atoms with Gasteiger partial charge in [-0.3, -0.25) is 0 Å². The van der Waals surface area contributed by atoms with Gasteiger partial charge in [0.05, 0.1) is 0 Å². The molecule has 3 nitrogen and oxygen atoms in total. The summed E-state index contributed by atoms with van der Waals surface area (Å²) in [5.74, 6) is 0.645. The van der Waals surface area contributed by atoms with Crippen molar-refractivity contribution in [3.05, 3.63) is 47.0 Å². The van der Waals surface area contributed by atoms with Crippen molar-refractivity contribution < 1.29 is 4.42 Å². The summed E-state index contributed by atoms with van der Waals surface area (Å²) in [7, 11) is 0. The molecule has 0 spiro atoms. The van der Waals surface area contributed by atoms with E-state index in [4.69, 9.17) is 10.2 Å². The van der Waals surface area contributed by atoms with E-state index in [2.05, 4.69) is 4.98 Å². The van der Waals surface area contributed by atoms with Crippen LogP contribution in [-0.4, -0.2) is 4.98 Å². The van der Waals surface area contributed by atoms with Crippen molar-refractivity contribution in [1.29, 1.82) is 0 Å². The van der Waals surface area contributed by atoms with Crippen molar-refractivity contribution in [2.75, 3.05) is 5.73 Å². The van der Waals surface area contributed by atoms with Crippen LogP contribution in [0.1, 0.15) is 16.7 Å². The number of aromatic nitrogens is 1. The molecular weight excluding hydrogens is 236 g/mol. The van der Waals surface area contributed by atoms with Crippen LogP contribution in [0.4, 0.5) is 5.69 Å². The zero-order chi connectivity index (χ0) is 13.6. The van der Waals surface area contributed by atoms with Crippen LogP contribution in [0.5, 0.6) is 0 Å². The first kappa shape index (κ1) is 11.8. The first-order chi connectivity index (χ1) is 9.09. The van der Waals surface area contributed by atoms with Crippen LogP contribution in [0.3, 0.4) is 0 Å². The molecule has 3 heteroatoms. The minimum atomic E-state index is 0.645. The summed E-state index contributed by atoms with van der Waals surface area (Å²) in [5, 5.41) is 0. The van der Waals surface area contributed by atoms with Gasteiger partial charge >= 0.3 is 0 Å². The maximum absolute atomic E-state index is 6.11. The lowest BCUT2D eigenvalue weighted by Gasteiger charge is -2.07. The topological polar surface area (TPSA) is 52.0 Å². The van der Waals surface area contributed by atoms with Crippen molar-refractivity contribution in [2.24, 2.45) is 0 Å². The van der Waals surface area contributed by atoms with E-state index in [0.717, 1.165) is 39.0 Å². The monoisotopic (exact) mass is 252 g/mol. The van der Waals surface area contributed by atoms with Gasteiger partial charge in [-0.25, -0.2) is 4.98 Å². The average molecular weight is 252 g/mol. The third-order valence-corrected chi connectivity index (χ3v) is 3.71. The van der Waals surface area contributed by atoms with E-state index in [1.54, 1.807) is 0 Å². The fraction of sp³-hybridized carbons (Fsp3) is 0.188. The molecule has 3 aromatic rings. The molecule has 96 valence electrons. The second kappa shape index (κ2) is 4.12. The zero-order valence-corrected chi connectivity index (χ0v) is 11.3. The summed E-state index contributed by atoms with van der Waals surface area (Å²) in [6.45, 7) is 6.03. The Morgan fingerprint density at radius 3 is 2.32 bits per heavy atom. The lowest BCUT2D eigenvalue weighted by Crippen LogP contribution is -1.97. The predicted octanol–water partition coefficient (Wildman–Crippen LogP) is 4.00. The van der Waals surface area contributed by atoms with Gasteiger partial charge in [-0.15, -0.1) is 0 Å². The number of nitrogens with zero attached hydrogens (tertiary/aromatic N) is 1. The molecule has 0 aliphatic heterocycles. The van der Waals surface area contributed by atoms with Crippen LogP contribution in [0.15, 0.2) is 34.7 Å². The third kappa shape index (κ3) is 1.70. The Balaban J connectivity index is 2.33. The zero-order valence-electron chi connectivity index (χ0n) is 11.3. The van der Waals surface area contributed by atoms with Crippen LogP contribution in [0.2, 0.25) is 0 Å². The summed E-state index contributed by atoms with van der Waals surface area (Å²) in [4.78, 5) is 4.62. The highest BCUT2D eigenvalue weighted by Gasteiger charge is 2.16. The van der Waals surface area contributed by atoms with Gasteiger partial charge in [-0.1, -0.05) is 18.2 Å². The fourth-order valence-electron chi connectivity index (χ4n) is 2.32. The lowest BCUT2D eigenvalue weighted by atomic mass is 10.0. The number of benzene rings is 2. The van der Waals surface area contributed by atoms with E-state index in [1.165, 1.54) is 0 Å². The first-order valence-corrected chi connectivity index (χ1v) is 6.30. The normalized spacial score (nSPS) is 11.1. The Kier molecular flexibility index (Phi) is 2.56. The Morgan fingerprint density at radius 2 is 1.63 bits per heavy atom. The van der Waals surface area contributed by atoms with Crippen molar-refractivity contribution in [3.63, 3.8) is 0 Å². The molecule has 1 aromatic heterocycles. The molecule has 0 fully saturated rings. The Morgan fingerprint density at radius 1 is 0.947 bits per heavy atom. The van der Waals surface area contributed by atoms with Crippen molar-refractivity contribution in [1.82, 2.24) is 4.98 Å². The summed E-state index contributed by atoms with van der Waals surface area (Å²) >= 11 is 0. The number of anilines is 1. The molecule has 1 heterocycles. The second-order valence-electron chi connectivity index (χ2n) is 4.85. The van der Waals surface area contributed by atoms with Gasteiger partial charge in [0.15, 0.2) is 5.58 Å². The average Bonchev–Trinajstić information content (AvgIpc) is 2.89. The SMILES string of the molecule is Cc1c(N)c(C)c2oc(-c3ccccc3)nc2c1C. The number of rotatable bonds is 1. The molecule has 0 bridgehead atoms. The van der Waals surface area contributed by atoms with Gasteiger partial charge in [0.25, 0.3) is 0 Å². The predicted molar refractivity (Wildman–Crippen MR) is 78.1 cm³/mol. The molecule has 0 atom stereocenters. The summed E-state index contributed by atoms with van der Waals surface area (Å²) in [5.41, 5.74) is 12.7. The number of fused-ring (bicyclic) bond motifs is 1. The number of nitrogens with two attached hydrogens (primary N) is 1. The van der Waals surface area contributed by atoms with Gasteiger partial charge in [0, 0.05) is 16.8 Å². The molecule has 0 aliphatic carbocycles. The van der Waals surface area contributed by atoms with Gasteiger partial charge in [-0.05, 0) is 44.0 Å². The highest BCUT2D eigenvalue weighted by Crippen LogP contribution is 2.33. The third-order valence-electron chi connectivity index (χ3n) is 3.71. The molecule has 2 N–H and O–H groups in total. The Bertz CT molecular complexity index is 713. The van der Waals surface area contributed by atoms with Crippen LogP contribution in [-0.2, 0) is 0 Å². The van der Waals surface area contributed by atoms with Crippen molar-refractivity contribution >= 4 is 16.8 Å². The maximum Gasteiger partial charge on any atom is 0.227 e. The smallest absolute Gasteiger partial charge is 0.227 e. The highest BCUT2D eigenvalue weighted by atomic mass is 16.3. The molecule has 0 saturated heterocycles. The number of hydrogen-bond acceptors (Lipinski definition) is 3. The fourth-order valence-corrected chi connectivity index (χ4v) is 2.32. The second-order valence-corrected chi connectivity index (χ2v) is 4.85. The molecule has 3 rings (SSSR count). The largest absolute Gasteiger partial charge is 0.436 e. The molecular formula is C16H16N2O. The first-order valence-electron chi connectivity index (χ1n) is 6.30. The standard InChI is InChI=1S/C16H16N2O/c1-9-10(2)14-15(11(3)13(9)17)19-16(18-14)12-7-5-4-6-8-12/h4-8H,17H2,1-3H3. The van der Waals surface area contributed by atoms with Crippen molar-refractivity contribution in [2.45, 2.75) is 20.8 Å². The van der Waals surface area contributed by atoms with Gasteiger partial charge in [-0.2, -0.15) is 0 Å². The number of nitrogen functional groups attached to an aromatic ring is 1.